The van der Waals surface area contributed by atoms with Crippen molar-refractivity contribution >= 4 is 5.91 Å². The third-order valence-electron chi connectivity index (χ3n) is 3.86. The van der Waals surface area contributed by atoms with Crippen LogP contribution in [0.15, 0.2) is 48.8 Å². The van der Waals surface area contributed by atoms with Crippen molar-refractivity contribution < 1.29 is 4.79 Å². The standard InChI is InChI=1S/C17H19N3O/c21-17(19-10-7-13-5-8-18-9-6-13)16-11-14-3-1-2-4-15(14)12-20-16/h1-6,8-9,16,20H,7,10-12H2,(H,19,21)/t16-/m1/s1. The molecule has 1 atom stereocenters. The maximum Gasteiger partial charge on any atom is 0.237 e. The highest BCUT2D eigenvalue weighted by Gasteiger charge is 2.23. The first-order valence-corrected chi connectivity index (χ1v) is 7.30. The summed E-state index contributed by atoms with van der Waals surface area (Å²) in [4.78, 5) is 16.2. The summed E-state index contributed by atoms with van der Waals surface area (Å²) in [5.74, 6) is 0.0820. The second-order valence-electron chi connectivity index (χ2n) is 5.30. The minimum absolute atomic E-state index is 0.0820. The van der Waals surface area contributed by atoms with Gasteiger partial charge in [0.1, 0.15) is 0 Å². The van der Waals surface area contributed by atoms with Crippen molar-refractivity contribution in [1.29, 1.82) is 0 Å². The minimum Gasteiger partial charge on any atom is -0.354 e. The molecule has 4 nitrogen and oxygen atoms in total. The summed E-state index contributed by atoms with van der Waals surface area (Å²) >= 11 is 0. The Balaban J connectivity index is 1.50. The minimum atomic E-state index is -0.127. The van der Waals surface area contributed by atoms with Crippen LogP contribution in [-0.2, 0) is 24.2 Å². The lowest BCUT2D eigenvalue weighted by atomic mass is 9.95. The first-order valence-electron chi connectivity index (χ1n) is 7.30. The van der Waals surface area contributed by atoms with E-state index in [2.05, 4.69) is 27.8 Å². The van der Waals surface area contributed by atoms with Crippen molar-refractivity contribution in [1.82, 2.24) is 15.6 Å². The zero-order valence-corrected chi connectivity index (χ0v) is 11.9. The highest BCUT2D eigenvalue weighted by molar-refractivity contribution is 5.82. The molecule has 21 heavy (non-hydrogen) atoms. The Hall–Kier alpha value is -2.20. The second-order valence-corrected chi connectivity index (χ2v) is 5.30. The summed E-state index contributed by atoms with van der Waals surface area (Å²) in [5.41, 5.74) is 3.75. The molecule has 1 amide bonds. The average Bonchev–Trinajstić information content (AvgIpc) is 2.55. The molecule has 2 heterocycles. The normalized spacial score (nSPS) is 17.0. The number of hydrogen-bond donors (Lipinski definition) is 2. The Morgan fingerprint density at radius 3 is 2.76 bits per heavy atom. The predicted molar refractivity (Wildman–Crippen MR) is 81.7 cm³/mol. The number of pyridine rings is 1. The molecular weight excluding hydrogens is 262 g/mol. The van der Waals surface area contributed by atoms with Crippen LogP contribution in [0, 0.1) is 0 Å². The first kappa shape index (κ1) is 13.8. The summed E-state index contributed by atoms with van der Waals surface area (Å²) in [6, 6.07) is 12.1. The van der Waals surface area contributed by atoms with Crippen molar-refractivity contribution in [3.63, 3.8) is 0 Å². The van der Waals surface area contributed by atoms with Gasteiger partial charge in [0.25, 0.3) is 0 Å². The molecule has 2 aromatic rings. The van der Waals surface area contributed by atoms with E-state index in [0.29, 0.717) is 6.54 Å². The first-order chi connectivity index (χ1) is 10.3. The van der Waals surface area contributed by atoms with Gasteiger partial charge in [-0.2, -0.15) is 0 Å². The summed E-state index contributed by atoms with van der Waals surface area (Å²) < 4.78 is 0. The van der Waals surface area contributed by atoms with Gasteiger partial charge < -0.3 is 10.6 Å². The molecule has 0 aliphatic carbocycles. The average molecular weight is 281 g/mol. The third kappa shape index (κ3) is 3.47. The SMILES string of the molecule is O=C(NCCc1ccncc1)[C@H]1Cc2ccccc2CN1. The number of fused-ring (bicyclic) bond motifs is 1. The van der Waals surface area contributed by atoms with E-state index in [0.717, 1.165) is 19.4 Å². The van der Waals surface area contributed by atoms with Crippen LogP contribution in [0.3, 0.4) is 0 Å². The zero-order chi connectivity index (χ0) is 14.5. The molecule has 1 aromatic heterocycles. The Bertz CT molecular complexity index is 612. The summed E-state index contributed by atoms with van der Waals surface area (Å²) in [6.45, 7) is 1.42. The van der Waals surface area contributed by atoms with Crippen LogP contribution >= 0.6 is 0 Å². The Morgan fingerprint density at radius 1 is 1.19 bits per heavy atom. The Kier molecular flexibility index (Phi) is 4.26. The summed E-state index contributed by atoms with van der Waals surface area (Å²) in [5, 5.41) is 6.31. The van der Waals surface area contributed by atoms with E-state index < -0.39 is 0 Å². The number of nitrogens with zero attached hydrogens (tertiary/aromatic N) is 1. The van der Waals surface area contributed by atoms with Gasteiger partial charge in [-0.1, -0.05) is 24.3 Å². The van der Waals surface area contributed by atoms with E-state index in [4.69, 9.17) is 0 Å². The number of hydrogen-bond acceptors (Lipinski definition) is 3. The van der Waals surface area contributed by atoms with Crippen molar-refractivity contribution in [2.75, 3.05) is 6.54 Å². The molecule has 3 rings (SSSR count). The molecular formula is C17H19N3O. The van der Waals surface area contributed by atoms with Gasteiger partial charge in [0.15, 0.2) is 0 Å². The topological polar surface area (TPSA) is 54.0 Å². The van der Waals surface area contributed by atoms with Crippen LogP contribution < -0.4 is 10.6 Å². The van der Waals surface area contributed by atoms with Crippen molar-refractivity contribution in [2.45, 2.75) is 25.4 Å². The smallest absolute Gasteiger partial charge is 0.237 e. The van der Waals surface area contributed by atoms with E-state index in [1.165, 1.54) is 16.7 Å². The van der Waals surface area contributed by atoms with Crippen LogP contribution in [0.2, 0.25) is 0 Å². The number of rotatable bonds is 4. The molecule has 0 spiro atoms. The van der Waals surface area contributed by atoms with Gasteiger partial charge in [-0.15, -0.1) is 0 Å². The number of nitrogens with one attached hydrogen (secondary N) is 2. The lowest BCUT2D eigenvalue weighted by Crippen LogP contribution is -2.48. The van der Waals surface area contributed by atoms with Crippen LogP contribution in [0.25, 0.3) is 0 Å². The molecule has 0 unspecified atom stereocenters. The van der Waals surface area contributed by atoms with Crippen LogP contribution in [0.1, 0.15) is 16.7 Å². The van der Waals surface area contributed by atoms with Gasteiger partial charge in [0.2, 0.25) is 5.91 Å². The largest absolute Gasteiger partial charge is 0.354 e. The lowest BCUT2D eigenvalue weighted by Gasteiger charge is -2.25. The summed E-state index contributed by atoms with van der Waals surface area (Å²) in [7, 11) is 0. The zero-order valence-electron chi connectivity index (χ0n) is 11.9. The van der Waals surface area contributed by atoms with Gasteiger partial charge in [-0.25, -0.2) is 0 Å². The van der Waals surface area contributed by atoms with E-state index in [1.807, 2.05) is 24.3 Å². The number of benzene rings is 1. The monoisotopic (exact) mass is 281 g/mol. The van der Waals surface area contributed by atoms with Gasteiger partial charge >= 0.3 is 0 Å². The van der Waals surface area contributed by atoms with Gasteiger partial charge in [0, 0.05) is 25.5 Å². The fourth-order valence-corrected chi connectivity index (χ4v) is 2.64. The Labute approximate surface area is 124 Å². The maximum absolute atomic E-state index is 12.2. The fourth-order valence-electron chi connectivity index (χ4n) is 2.64. The molecule has 108 valence electrons. The molecule has 2 N–H and O–H groups in total. The molecule has 0 saturated heterocycles. The van der Waals surface area contributed by atoms with Gasteiger partial charge in [-0.05, 0) is 41.7 Å². The van der Waals surface area contributed by atoms with E-state index in [-0.39, 0.29) is 11.9 Å². The van der Waals surface area contributed by atoms with Crippen LogP contribution in [-0.4, -0.2) is 23.5 Å². The number of aromatic nitrogens is 1. The highest BCUT2D eigenvalue weighted by atomic mass is 16.2. The van der Waals surface area contributed by atoms with Crippen LogP contribution in [0.4, 0.5) is 0 Å². The fraction of sp³-hybridized carbons (Fsp3) is 0.294. The highest BCUT2D eigenvalue weighted by Crippen LogP contribution is 2.16. The quantitative estimate of drug-likeness (QED) is 0.892. The summed E-state index contributed by atoms with van der Waals surface area (Å²) in [6.07, 6.45) is 5.14. The van der Waals surface area contributed by atoms with E-state index in [1.54, 1.807) is 12.4 Å². The number of carbonyl (C=O) groups is 1. The van der Waals surface area contributed by atoms with Crippen molar-refractivity contribution in [3.8, 4) is 0 Å². The molecule has 0 fully saturated rings. The van der Waals surface area contributed by atoms with Crippen LogP contribution in [0.5, 0.6) is 0 Å². The maximum atomic E-state index is 12.2. The number of carbonyl (C=O) groups excluding carboxylic acids is 1. The molecule has 4 heteroatoms. The predicted octanol–water partition coefficient (Wildman–Crippen LogP) is 1.45. The third-order valence-corrected chi connectivity index (χ3v) is 3.86. The number of amides is 1. The Morgan fingerprint density at radius 2 is 1.95 bits per heavy atom. The lowest BCUT2D eigenvalue weighted by molar-refractivity contribution is -0.123. The molecule has 1 aromatic carbocycles. The molecule has 0 radical (unpaired) electrons. The molecule has 0 bridgehead atoms. The van der Waals surface area contributed by atoms with Crippen molar-refractivity contribution in [2.24, 2.45) is 0 Å². The van der Waals surface area contributed by atoms with Gasteiger partial charge in [-0.3, -0.25) is 9.78 Å². The molecule has 1 aliphatic heterocycles. The van der Waals surface area contributed by atoms with Gasteiger partial charge in [0.05, 0.1) is 6.04 Å². The van der Waals surface area contributed by atoms with E-state index >= 15 is 0 Å². The van der Waals surface area contributed by atoms with E-state index in [9.17, 15) is 4.79 Å². The molecule has 1 aliphatic rings. The van der Waals surface area contributed by atoms with Crippen molar-refractivity contribution in [3.05, 3.63) is 65.5 Å². The second kappa shape index (κ2) is 6.50. The molecule has 0 saturated carbocycles.